The molecule has 270 valence electrons. The van der Waals surface area contributed by atoms with Gasteiger partial charge in [-0.1, -0.05) is 76.9 Å². The molecule has 2 unspecified atom stereocenters. The van der Waals surface area contributed by atoms with Gasteiger partial charge in [0.05, 0.1) is 30.0 Å². The van der Waals surface area contributed by atoms with Gasteiger partial charge < -0.3 is 24.4 Å². The zero-order valence-electron chi connectivity index (χ0n) is 29.4. The topological polar surface area (TPSA) is 115 Å². The third-order valence-corrected chi connectivity index (χ3v) is 10.3. The molecule has 3 amide bonds. The highest BCUT2D eigenvalue weighted by atomic mass is 35.5. The van der Waals surface area contributed by atoms with Gasteiger partial charge in [-0.3, -0.25) is 9.59 Å². The molecule has 52 heavy (non-hydrogen) atoms. The van der Waals surface area contributed by atoms with Crippen LogP contribution in [-0.2, 0) is 26.4 Å². The van der Waals surface area contributed by atoms with Crippen molar-refractivity contribution in [2.24, 2.45) is 0 Å². The Morgan fingerprint density at radius 1 is 0.962 bits per heavy atom. The number of anilines is 1. The third kappa shape index (κ3) is 7.12. The molecule has 2 aromatic heterocycles. The molecule has 0 saturated carbocycles. The number of halogens is 2. The quantitative estimate of drug-likeness (QED) is 0.184. The molecule has 5 aromatic rings. The SMILES string of the molecule is CC(C)(C)OC(=O)N1CCC(C(=O)N2CCCCC2C(=O)Nc2cc(Cl)ccc2Cl)(n2cc(Cn3c(-c4ccccc4)cc4ccccc43)nn2)C1. The average molecular weight is 743 g/mol. The van der Waals surface area contributed by atoms with Gasteiger partial charge in [0, 0.05) is 41.1 Å². The molecule has 2 saturated heterocycles. The number of benzene rings is 3. The van der Waals surface area contributed by atoms with E-state index in [0.29, 0.717) is 40.9 Å². The number of amides is 3. The number of ether oxygens (including phenoxy) is 1. The number of carbonyl (C=O) groups excluding carboxylic acids is 3. The normalized spacial score (nSPS) is 19.2. The van der Waals surface area contributed by atoms with Gasteiger partial charge in [0.25, 0.3) is 5.91 Å². The van der Waals surface area contributed by atoms with Gasteiger partial charge in [-0.05, 0) is 75.9 Å². The summed E-state index contributed by atoms with van der Waals surface area (Å²) < 4.78 is 9.51. The molecule has 13 heteroatoms. The summed E-state index contributed by atoms with van der Waals surface area (Å²) in [6.45, 7) is 6.45. The van der Waals surface area contributed by atoms with Crippen LogP contribution < -0.4 is 5.32 Å². The first-order valence-corrected chi connectivity index (χ1v) is 18.3. The van der Waals surface area contributed by atoms with E-state index in [1.165, 1.54) is 0 Å². The molecular formula is C39H41Cl2N7O4. The van der Waals surface area contributed by atoms with E-state index >= 15 is 4.79 Å². The van der Waals surface area contributed by atoms with Gasteiger partial charge >= 0.3 is 6.09 Å². The molecular weight excluding hydrogens is 701 g/mol. The largest absolute Gasteiger partial charge is 0.444 e. The van der Waals surface area contributed by atoms with E-state index in [1.807, 2.05) is 30.3 Å². The summed E-state index contributed by atoms with van der Waals surface area (Å²) in [5.41, 5.74) is 2.10. The maximum absolute atomic E-state index is 15.0. The van der Waals surface area contributed by atoms with Gasteiger partial charge in [0.2, 0.25) is 5.91 Å². The Hall–Kier alpha value is -4.87. The molecule has 11 nitrogen and oxygen atoms in total. The second kappa shape index (κ2) is 14.3. The summed E-state index contributed by atoms with van der Waals surface area (Å²) >= 11 is 12.6. The van der Waals surface area contributed by atoms with Crippen molar-refractivity contribution in [1.82, 2.24) is 29.4 Å². The molecule has 3 aromatic carbocycles. The number of likely N-dealkylation sites (tertiary alicyclic amines) is 2. The highest BCUT2D eigenvalue weighted by Gasteiger charge is 2.53. The lowest BCUT2D eigenvalue weighted by Gasteiger charge is -2.40. The highest BCUT2D eigenvalue weighted by molar-refractivity contribution is 6.35. The number of hydrogen-bond donors (Lipinski definition) is 1. The van der Waals surface area contributed by atoms with Crippen molar-refractivity contribution in [3.05, 3.63) is 101 Å². The van der Waals surface area contributed by atoms with Gasteiger partial charge in [0.1, 0.15) is 17.3 Å². The zero-order chi connectivity index (χ0) is 36.6. The van der Waals surface area contributed by atoms with Gasteiger partial charge in [-0.2, -0.15) is 0 Å². The maximum Gasteiger partial charge on any atom is 0.410 e. The minimum atomic E-state index is -1.33. The number of nitrogens with one attached hydrogen (secondary N) is 1. The van der Waals surface area contributed by atoms with E-state index in [9.17, 15) is 9.59 Å². The van der Waals surface area contributed by atoms with Crippen molar-refractivity contribution >= 4 is 57.7 Å². The summed E-state index contributed by atoms with van der Waals surface area (Å²) in [6, 6.07) is 24.6. The smallest absolute Gasteiger partial charge is 0.410 e. The van der Waals surface area contributed by atoms with Crippen LogP contribution in [0.4, 0.5) is 10.5 Å². The number of aromatic nitrogens is 4. The van der Waals surface area contributed by atoms with E-state index in [0.717, 1.165) is 35.0 Å². The summed E-state index contributed by atoms with van der Waals surface area (Å²) in [7, 11) is 0. The summed E-state index contributed by atoms with van der Waals surface area (Å²) in [5, 5.41) is 13.9. The molecule has 1 N–H and O–H groups in total. The van der Waals surface area contributed by atoms with E-state index in [2.05, 4.69) is 50.5 Å². The minimum absolute atomic E-state index is 0.0101. The predicted molar refractivity (Wildman–Crippen MR) is 201 cm³/mol. The second-order valence-corrected chi connectivity index (χ2v) is 15.3. The van der Waals surface area contributed by atoms with Gasteiger partial charge in [0.15, 0.2) is 5.54 Å². The standard InChI is InChI=1S/C39H41Cl2N7O4/c1-38(2,3)52-37(51)45-20-18-39(25-45,36(50)46-19-10-9-15-33(46)35(49)42-31-22-28(40)16-17-30(31)41)48-24-29(43-44-48)23-47-32-14-8-7-13-27(32)21-34(47)26-11-5-4-6-12-26/h4-8,11-14,16-17,21-22,24,33H,9-10,15,18-20,23,25H2,1-3H3,(H,42,49). The lowest BCUT2D eigenvalue weighted by molar-refractivity contribution is -0.148. The number of piperidine rings is 1. The van der Waals surface area contributed by atoms with Crippen molar-refractivity contribution in [2.45, 2.75) is 70.2 Å². The second-order valence-electron chi connectivity index (χ2n) is 14.5. The first-order chi connectivity index (χ1) is 24.9. The van der Waals surface area contributed by atoms with Crippen LogP contribution in [0.1, 0.15) is 52.1 Å². The molecule has 2 aliphatic heterocycles. The molecule has 0 spiro atoms. The van der Waals surface area contributed by atoms with Crippen molar-refractivity contribution in [3.8, 4) is 11.3 Å². The Bertz CT molecular complexity index is 2130. The van der Waals surface area contributed by atoms with Crippen LogP contribution in [0, 0.1) is 0 Å². The molecule has 4 heterocycles. The Labute approximate surface area is 312 Å². The van der Waals surface area contributed by atoms with Crippen LogP contribution in [0.2, 0.25) is 10.0 Å². The van der Waals surface area contributed by atoms with Crippen molar-refractivity contribution in [3.63, 3.8) is 0 Å². The Kier molecular flexibility index (Phi) is 9.75. The number of rotatable bonds is 7. The van der Waals surface area contributed by atoms with E-state index in [1.54, 1.807) is 59.6 Å². The minimum Gasteiger partial charge on any atom is -0.444 e. The maximum atomic E-state index is 15.0. The number of nitrogens with zero attached hydrogens (tertiary/aromatic N) is 6. The molecule has 0 bridgehead atoms. The van der Waals surface area contributed by atoms with Crippen LogP contribution in [0.3, 0.4) is 0 Å². The molecule has 7 rings (SSSR count). The lowest BCUT2D eigenvalue weighted by atomic mass is 9.92. The van der Waals surface area contributed by atoms with Crippen LogP contribution in [0.5, 0.6) is 0 Å². The molecule has 2 aliphatic rings. The first kappa shape index (κ1) is 35.5. The van der Waals surface area contributed by atoms with Crippen LogP contribution in [0.15, 0.2) is 85.1 Å². The number of hydrogen-bond acceptors (Lipinski definition) is 6. The monoisotopic (exact) mass is 741 g/mol. The average Bonchev–Trinajstić information content (AvgIpc) is 3.88. The van der Waals surface area contributed by atoms with E-state index < -0.39 is 23.3 Å². The van der Waals surface area contributed by atoms with E-state index in [4.69, 9.17) is 27.9 Å². The third-order valence-electron chi connectivity index (χ3n) is 9.73. The fraction of sp³-hybridized carbons (Fsp3) is 0.359. The summed E-state index contributed by atoms with van der Waals surface area (Å²) in [6.07, 6.45) is 3.51. The molecule has 0 radical (unpaired) electrons. The van der Waals surface area contributed by atoms with Crippen LogP contribution in [-0.4, -0.2) is 78.5 Å². The number of fused-ring (bicyclic) bond motifs is 1. The van der Waals surface area contributed by atoms with Crippen LogP contribution >= 0.6 is 23.2 Å². The Balaban J connectivity index is 1.23. The Morgan fingerprint density at radius 2 is 1.73 bits per heavy atom. The van der Waals surface area contributed by atoms with Gasteiger partial charge in [-0.25, -0.2) is 9.48 Å². The van der Waals surface area contributed by atoms with Crippen molar-refractivity contribution in [1.29, 1.82) is 0 Å². The zero-order valence-corrected chi connectivity index (χ0v) is 30.9. The number of para-hydroxylation sites is 1. The molecule has 0 aliphatic carbocycles. The fourth-order valence-electron chi connectivity index (χ4n) is 7.23. The molecule has 2 atom stereocenters. The summed E-state index contributed by atoms with van der Waals surface area (Å²) in [4.78, 5) is 45.4. The highest BCUT2D eigenvalue weighted by Crippen LogP contribution is 2.36. The predicted octanol–water partition coefficient (Wildman–Crippen LogP) is 7.61. The Morgan fingerprint density at radius 3 is 2.52 bits per heavy atom. The van der Waals surface area contributed by atoms with Gasteiger partial charge in [-0.15, -0.1) is 5.10 Å². The van der Waals surface area contributed by atoms with Crippen LogP contribution in [0.25, 0.3) is 22.2 Å². The first-order valence-electron chi connectivity index (χ1n) is 17.5. The molecule has 2 fully saturated rings. The van der Waals surface area contributed by atoms with Crippen molar-refractivity contribution < 1.29 is 19.1 Å². The summed E-state index contributed by atoms with van der Waals surface area (Å²) in [5.74, 6) is -0.662. The fourth-order valence-corrected chi connectivity index (χ4v) is 7.57. The van der Waals surface area contributed by atoms with E-state index in [-0.39, 0.29) is 31.3 Å². The number of carbonyl (C=O) groups is 3. The van der Waals surface area contributed by atoms with Crippen molar-refractivity contribution in [2.75, 3.05) is 25.0 Å². The lowest BCUT2D eigenvalue weighted by Crippen LogP contribution is -2.59.